The molecule has 2 aliphatic rings. The molecule has 0 spiro atoms. The van der Waals surface area contributed by atoms with Crippen LogP contribution < -0.4 is 0 Å². The van der Waals surface area contributed by atoms with Gasteiger partial charge in [0.05, 0.1) is 12.2 Å². The normalized spacial score (nSPS) is 28.4. The molecule has 110 valence electrons. The third-order valence-electron chi connectivity index (χ3n) is 4.76. The average Bonchev–Trinajstić information content (AvgIpc) is 3.06. The van der Waals surface area contributed by atoms with Gasteiger partial charge in [0.25, 0.3) is 0 Å². The zero-order valence-corrected chi connectivity index (χ0v) is 12.5. The van der Waals surface area contributed by atoms with Gasteiger partial charge in [0.1, 0.15) is 5.78 Å². The molecule has 0 bridgehead atoms. The van der Waals surface area contributed by atoms with Crippen LogP contribution in [-0.4, -0.2) is 18.0 Å². The highest BCUT2D eigenvalue weighted by atomic mass is 16.6. The molecule has 1 saturated carbocycles. The number of ketones is 1. The van der Waals surface area contributed by atoms with Gasteiger partial charge in [-0.15, -0.1) is 0 Å². The second-order valence-corrected chi connectivity index (χ2v) is 6.55. The van der Waals surface area contributed by atoms with Crippen LogP contribution in [-0.2, 0) is 9.53 Å². The van der Waals surface area contributed by atoms with Gasteiger partial charge in [-0.1, -0.05) is 44.9 Å². The minimum Gasteiger partial charge on any atom is -0.369 e. The van der Waals surface area contributed by atoms with Crippen molar-refractivity contribution in [2.24, 2.45) is 5.92 Å². The van der Waals surface area contributed by atoms with Gasteiger partial charge in [0.2, 0.25) is 0 Å². The number of epoxide rings is 1. The largest absolute Gasteiger partial charge is 0.369 e. The maximum Gasteiger partial charge on any atom is 0.129 e. The summed E-state index contributed by atoms with van der Waals surface area (Å²) >= 11 is 0. The van der Waals surface area contributed by atoms with Crippen LogP contribution in [0.15, 0.2) is 0 Å². The fourth-order valence-corrected chi connectivity index (χ4v) is 3.50. The Bertz CT molecular complexity index is 274. The molecule has 2 heteroatoms. The molecule has 3 atom stereocenters. The van der Waals surface area contributed by atoms with E-state index in [1.165, 1.54) is 64.2 Å². The Morgan fingerprint density at radius 2 is 1.58 bits per heavy atom. The molecule has 0 aromatic rings. The summed E-state index contributed by atoms with van der Waals surface area (Å²) in [6, 6.07) is 0. The predicted molar refractivity (Wildman–Crippen MR) is 78.2 cm³/mol. The van der Waals surface area contributed by atoms with Crippen molar-refractivity contribution in [3.63, 3.8) is 0 Å². The van der Waals surface area contributed by atoms with Gasteiger partial charge in [-0.05, 0) is 38.5 Å². The lowest BCUT2D eigenvalue weighted by atomic mass is 9.98. The first-order valence-electron chi connectivity index (χ1n) is 8.42. The van der Waals surface area contributed by atoms with Crippen molar-refractivity contribution >= 4 is 5.78 Å². The molecule has 1 heterocycles. The van der Waals surface area contributed by atoms with E-state index in [1.54, 1.807) is 6.92 Å². The highest BCUT2D eigenvalue weighted by Crippen LogP contribution is 2.45. The van der Waals surface area contributed by atoms with Gasteiger partial charge in [-0.3, -0.25) is 0 Å². The third kappa shape index (κ3) is 5.64. The van der Waals surface area contributed by atoms with Crippen LogP contribution in [0.2, 0.25) is 0 Å². The monoisotopic (exact) mass is 266 g/mol. The van der Waals surface area contributed by atoms with Crippen LogP contribution >= 0.6 is 0 Å². The standard InChI is InChI=1S/C17H30O2/c1-14(18)10-8-6-4-2-3-5-7-9-11-15-12-13-16-17(15)19-16/h15-17H,2-13H2,1H3/t15-,16+,17-/m1/s1. The summed E-state index contributed by atoms with van der Waals surface area (Å²) in [5.74, 6) is 1.24. The number of carbonyl (C=O) groups excluding carboxylic acids is 1. The molecule has 0 radical (unpaired) electrons. The maximum atomic E-state index is 10.8. The summed E-state index contributed by atoms with van der Waals surface area (Å²) in [7, 11) is 0. The first kappa shape index (κ1) is 15.0. The Kier molecular flexibility index (Phi) is 6.36. The Hall–Kier alpha value is -0.370. The highest BCUT2D eigenvalue weighted by Gasteiger charge is 2.49. The minimum atomic E-state index is 0.341. The zero-order chi connectivity index (χ0) is 13.5. The van der Waals surface area contributed by atoms with E-state index in [9.17, 15) is 4.79 Å². The summed E-state index contributed by atoms with van der Waals surface area (Å²) in [4.78, 5) is 10.8. The second kappa shape index (κ2) is 8.04. The predicted octanol–water partition coefficient (Wildman–Crippen LogP) is 4.65. The van der Waals surface area contributed by atoms with Crippen LogP contribution in [0.4, 0.5) is 0 Å². The van der Waals surface area contributed by atoms with Crippen LogP contribution in [0.25, 0.3) is 0 Å². The average molecular weight is 266 g/mol. The minimum absolute atomic E-state index is 0.341. The number of hydrogen-bond acceptors (Lipinski definition) is 2. The Morgan fingerprint density at radius 1 is 0.947 bits per heavy atom. The molecule has 0 N–H and O–H groups in total. The van der Waals surface area contributed by atoms with E-state index in [0.29, 0.717) is 18.0 Å². The molecule has 1 aliphatic carbocycles. The van der Waals surface area contributed by atoms with E-state index < -0.39 is 0 Å². The van der Waals surface area contributed by atoms with E-state index in [1.807, 2.05) is 0 Å². The molecule has 0 aromatic heterocycles. The number of ether oxygens (including phenoxy) is 1. The van der Waals surface area contributed by atoms with Gasteiger partial charge in [-0.25, -0.2) is 0 Å². The van der Waals surface area contributed by atoms with E-state index in [2.05, 4.69) is 0 Å². The highest BCUT2D eigenvalue weighted by molar-refractivity contribution is 5.75. The number of carbonyl (C=O) groups is 1. The lowest BCUT2D eigenvalue weighted by molar-refractivity contribution is -0.117. The zero-order valence-electron chi connectivity index (χ0n) is 12.5. The number of rotatable bonds is 11. The Balaban J connectivity index is 1.30. The van der Waals surface area contributed by atoms with Gasteiger partial charge in [-0.2, -0.15) is 0 Å². The summed E-state index contributed by atoms with van der Waals surface area (Å²) in [5.41, 5.74) is 0. The van der Waals surface area contributed by atoms with Gasteiger partial charge < -0.3 is 9.53 Å². The fraction of sp³-hybridized carbons (Fsp3) is 0.941. The van der Waals surface area contributed by atoms with Crippen molar-refractivity contribution in [1.29, 1.82) is 0 Å². The molecule has 0 unspecified atom stereocenters. The summed E-state index contributed by atoms with van der Waals surface area (Å²) in [6.07, 6.45) is 16.9. The van der Waals surface area contributed by atoms with E-state index >= 15 is 0 Å². The lowest BCUT2D eigenvalue weighted by Gasteiger charge is -2.09. The smallest absolute Gasteiger partial charge is 0.129 e. The molecule has 19 heavy (non-hydrogen) atoms. The van der Waals surface area contributed by atoms with Crippen molar-refractivity contribution in [3.05, 3.63) is 0 Å². The van der Waals surface area contributed by atoms with Crippen molar-refractivity contribution in [3.8, 4) is 0 Å². The topological polar surface area (TPSA) is 29.6 Å². The third-order valence-corrected chi connectivity index (χ3v) is 4.76. The van der Waals surface area contributed by atoms with E-state index in [0.717, 1.165) is 18.8 Å². The molecule has 1 saturated heterocycles. The van der Waals surface area contributed by atoms with Gasteiger partial charge in [0, 0.05) is 6.42 Å². The molecular formula is C17H30O2. The first-order valence-corrected chi connectivity index (χ1v) is 8.42. The second-order valence-electron chi connectivity index (χ2n) is 6.55. The van der Waals surface area contributed by atoms with Crippen molar-refractivity contribution in [2.45, 2.75) is 96.2 Å². The van der Waals surface area contributed by atoms with E-state index in [-0.39, 0.29) is 0 Å². The fourth-order valence-electron chi connectivity index (χ4n) is 3.50. The van der Waals surface area contributed by atoms with Crippen molar-refractivity contribution in [1.82, 2.24) is 0 Å². The quantitative estimate of drug-likeness (QED) is 0.402. The van der Waals surface area contributed by atoms with Gasteiger partial charge in [0.15, 0.2) is 0 Å². The summed E-state index contributed by atoms with van der Waals surface area (Å²) < 4.78 is 5.59. The maximum absolute atomic E-state index is 10.8. The van der Waals surface area contributed by atoms with Crippen molar-refractivity contribution < 1.29 is 9.53 Å². The molecule has 2 rings (SSSR count). The lowest BCUT2D eigenvalue weighted by Crippen LogP contribution is -2.03. The number of fused-ring (bicyclic) bond motifs is 1. The molecule has 0 aromatic carbocycles. The SMILES string of the molecule is CC(=O)CCCCCCCCCC[C@@H]1CC[C@@H]2O[C@H]12. The summed E-state index contributed by atoms with van der Waals surface area (Å²) in [5, 5.41) is 0. The van der Waals surface area contributed by atoms with Crippen LogP contribution in [0.3, 0.4) is 0 Å². The number of hydrogen-bond donors (Lipinski definition) is 0. The van der Waals surface area contributed by atoms with Crippen LogP contribution in [0.5, 0.6) is 0 Å². The summed E-state index contributed by atoms with van der Waals surface area (Å²) in [6.45, 7) is 1.69. The molecule has 2 nitrogen and oxygen atoms in total. The number of unbranched alkanes of at least 4 members (excludes halogenated alkanes) is 7. The Labute approximate surface area is 118 Å². The van der Waals surface area contributed by atoms with Gasteiger partial charge >= 0.3 is 0 Å². The Morgan fingerprint density at radius 3 is 2.11 bits per heavy atom. The molecule has 1 aliphatic heterocycles. The molecule has 2 fully saturated rings. The van der Waals surface area contributed by atoms with Crippen LogP contribution in [0.1, 0.15) is 84.0 Å². The molecular weight excluding hydrogens is 236 g/mol. The van der Waals surface area contributed by atoms with E-state index in [4.69, 9.17) is 4.74 Å². The first-order chi connectivity index (χ1) is 9.27. The van der Waals surface area contributed by atoms with Crippen molar-refractivity contribution in [2.75, 3.05) is 0 Å². The van der Waals surface area contributed by atoms with Crippen LogP contribution in [0, 0.1) is 5.92 Å². The molecule has 0 amide bonds. The number of Topliss-reactive ketones (excluding diaryl/α,β-unsaturated/α-hetero) is 1.